The van der Waals surface area contributed by atoms with Crippen LogP contribution < -0.4 is 10.6 Å². The van der Waals surface area contributed by atoms with Gasteiger partial charge in [-0.3, -0.25) is 14.6 Å². The number of nitrogens with zero attached hydrogens (tertiary/aromatic N) is 1. The molecule has 1 fully saturated rings. The number of unbranched alkanes of at least 4 members (excludes halogenated alkanes) is 1. The Morgan fingerprint density at radius 1 is 1.16 bits per heavy atom. The molecular formula is C25H45N3O4. The zero-order chi connectivity index (χ0) is 24.7. The van der Waals surface area contributed by atoms with Gasteiger partial charge in [-0.05, 0) is 64.0 Å². The van der Waals surface area contributed by atoms with Gasteiger partial charge in [0.2, 0.25) is 5.91 Å². The zero-order valence-electron chi connectivity index (χ0n) is 21.3. The highest BCUT2D eigenvalue weighted by Gasteiger charge is 2.20. The molecule has 3 N–H and O–H groups in total. The van der Waals surface area contributed by atoms with Crippen LogP contribution in [0.25, 0.3) is 0 Å². The van der Waals surface area contributed by atoms with E-state index in [-0.39, 0.29) is 30.4 Å². The maximum atomic E-state index is 12.5. The first-order valence-electron chi connectivity index (χ1n) is 11.9. The summed E-state index contributed by atoms with van der Waals surface area (Å²) in [6, 6.07) is 0. The summed E-state index contributed by atoms with van der Waals surface area (Å²) in [5.41, 5.74) is 1.22. The van der Waals surface area contributed by atoms with Crippen LogP contribution in [0.5, 0.6) is 0 Å². The second kappa shape index (κ2) is 16.6. The summed E-state index contributed by atoms with van der Waals surface area (Å²) < 4.78 is 5.26. The van der Waals surface area contributed by atoms with E-state index in [2.05, 4.69) is 29.5 Å². The molecule has 3 unspecified atom stereocenters. The van der Waals surface area contributed by atoms with E-state index >= 15 is 0 Å². The highest BCUT2D eigenvalue weighted by molar-refractivity contribution is 5.96. The van der Waals surface area contributed by atoms with Gasteiger partial charge in [0.05, 0.1) is 18.8 Å². The van der Waals surface area contributed by atoms with Crippen molar-refractivity contribution in [2.45, 2.75) is 99.7 Å². The molecule has 0 aliphatic carbocycles. The molecule has 7 nitrogen and oxygen atoms in total. The number of carbonyl (C=O) groups excluding carboxylic acids is 2. The Kier molecular flexibility index (Phi) is 15.6. The molecule has 0 spiro atoms. The van der Waals surface area contributed by atoms with E-state index in [4.69, 9.17) is 9.84 Å². The Morgan fingerprint density at radius 3 is 2.22 bits per heavy atom. The maximum absolute atomic E-state index is 12.5. The Balaban J connectivity index is 0.000000995. The first-order valence-corrected chi connectivity index (χ1v) is 11.9. The fourth-order valence-electron chi connectivity index (χ4n) is 2.62. The number of ether oxygens (including phenoxy) is 1. The smallest absolute Gasteiger partial charge is 0.275 e. The second-order valence-electron chi connectivity index (χ2n) is 8.85. The molecule has 0 aromatic rings. The van der Waals surface area contributed by atoms with Crippen LogP contribution >= 0.6 is 0 Å². The summed E-state index contributed by atoms with van der Waals surface area (Å²) >= 11 is 0. The van der Waals surface area contributed by atoms with Crippen molar-refractivity contribution in [3.05, 3.63) is 23.2 Å². The topological polar surface area (TPSA) is 100 Å². The van der Waals surface area contributed by atoms with Crippen LogP contribution in [-0.4, -0.2) is 42.0 Å². The predicted octanol–water partition coefficient (Wildman–Crippen LogP) is 4.47. The molecule has 32 heavy (non-hydrogen) atoms. The van der Waals surface area contributed by atoms with Gasteiger partial charge in [-0.1, -0.05) is 41.0 Å². The number of aliphatic imine (C=N–C) groups is 1. The first kappa shape index (κ1) is 30.0. The van der Waals surface area contributed by atoms with Crippen LogP contribution in [0.1, 0.15) is 87.5 Å². The Hall–Kier alpha value is -1.99. The minimum Gasteiger partial charge on any atom is -0.394 e. The van der Waals surface area contributed by atoms with Gasteiger partial charge in [0.1, 0.15) is 11.5 Å². The molecule has 0 bridgehead atoms. The lowest BCUT2D eigenvalue weighted by molar-refractivity contribution is -0.123. The average molecular weight is 452 g/mol. The van der Waals surface area contributed by atoms with Crippen molar-refractivity contribution in [1.29, 1.82) is 0 Å². The summed E-state index contributed by atoms with van der Waals surface area (Å²) in [5.74, 6) is 0.152. The van der Waals surface area contributed by atoms with Crippen molar-refractivity contribution in [2.24, 2.45) is 16.8 Å². The number of carbonyl (C=O) groups is 2. The highest BCUT2D eigenvalue weighted by atomic mass is 16.5. The quantitative estimate of drug-likeness (QED) is 0.337. The number of allylic oxidation sites excluding steroid dienone is 2. The van der Waals surface area contributed by atoms with E-state index in [1.165, 1.54) is 0 Å². The fourth-order valence-corrected chi connectivity index (χ4v) is 2.62. The van der Waals surface area contributed by atoms with E-state index in [1.54, 1.807) is 6.21 Å². The summed E-state index contributed by atoms with van der Waals surface area (Å²) in [6.07, 6.45) is 8.92. The monoisotopic (exact) mass is 451 g/mol. The van der Waals surface area contributed by atoms with Crippen molar-refractivity contribution >= 4 is 18.0 Å². The van der Waals surface area contributed by atoms with Crippen molar-refractivity contribution < 1.29 is 19.4 Å². The number of hydrogen-bond donors (Lipinski definition) is 3. The van der Waals surface area contributed by atoms with Crippen molar-refractivity contribution in [3.63, 3.8) is 0 Å². The number of rotatable bonds is 10. The van der Waals surface area contributed by atoms with Gasteiger partial charge < -0.3 is 20.5 Å². The third-order valence-electron chi connectivity index (χ3n) is 4.98. The standard InChI is InChI=1S/C19H33N3O2.C6H12O2/c1-8-10-11-16(21-18(23)14(5)6)22-19(24)17(13(3)4)20-12-15(7)9-2;1-5-2-3-6(4-7)8-5/h11-12,14-15H,8-10H2,1-7H3,(H,21,23)(H,22,24);5-7H,2-4H2,1H3/b16-11+,20-12?;. The molecule has 184 valence electrons. The number of nitrogens with one attached hydrogen (secondary N) is 2. The molecule has 0 aromatic heterocycles. The number of hydrogen-bond acceptors (Lipinski definition) is 5. The third-order valence-corrected chi connectivity index (χ3v) is 4.98. The molecule has 3 atom stereocenters. The van der Waals surface area contributed by atoms with Gasteiger partial charge in [0.15, 0.2) is 0 Å². The Bertz CT molecular complexity index is 664. The van der Waals surface area contributed by atoms with Crippen LogP contribution in [-0.2, 0) is 14.3 Å². The van der Waals surface area contributed by atoms with Gasteiger partial charge in [-0.25, -0.2) is 0 Å². The molecular weight excluding hydrogens is 406 g/mol. The van der Waals surface area contributed by atoms with Gasteiger partial charge in [-0.15, -0.1) is 0 Å². The molecule has 1 aliphatic rings. The normalized spacial score (nSPS) is 19.4. The molecule has 0 aromatic carbocycles. The number of aliphatic hydroxyl groups excluding tert-OH is 1. The van der Waals surface area contributed by atoms with Crippen LogP contribution in [0, 0.1) is 11.8 Å². The van der Waals surface area contributed by atoms with E-state index in [1.807, 2.05) is 47.6 Å². The zero-order valence-corrected chi connectivity index (χ0v) is 21.3. The molecule has 1 saturated heterocycles. The minimum atomic E-state index is -0.305. The van der Waals surface area contributed by atoms with Gasteiger partial charge in [0.25, 0.3) is 5.91 Å². The molecule has 7 heteroatoms. The van der Waals surface area contributed by atoms with Gasteiger partial charge in [0, 0.05) is 12.1 Å². The van der Waals surface area contributed by atoms with Crippen LogP contribution in [0.2, 0.25) is 0 Å². The second-order valence-corrected chi connectivity index (χ2v) is 8.85. The lowest BCUT2D eigenvalue weighted by Crippen LogP contribution is -2.37. The Morgan fingerprint density at radius 2 is 1.81 bits per heavy atom. The summed E-state index contributed by atoms with van der Waals surface area (Å²) in [4.78, 5) is 28.8. The van der Waals surface area contributed by atoms with E-state index in [0.29, 0.717) is 23.5 Å². The highest BCUT2D eigenvalue weighted by Crippen LogP contribution is 2.17. The Labute approximate surface area is 194 Å². The van der Waals surface area contributed by atoms with Crippen molar-refractivity contribution in [1.82, 2.24) is 10.6 Å². The maximum Gasteiger partial charge on any atom is 0.275 e. The van der Waals surface area contributed by atoms with Crippen LogP contribution in [0.4, 0.5) is 0 Å². The van der Waals surface area contributed by atoms with Crippen LogP contribution in [0.3, 0.4) is 0 Å². The van der Waals surface area contributed by atoms with E-state index < -0.39 is 0 Å². The van der Waals surface area contributed by atoms with E-state index in [9.17, 15) is 9.59 Å². The lowest BCUT2D eigenvalue weighted by Gasteiger charge is -2.14. The average Bonchev–Trinajstić information content (AvgIpc) is 3.17. The third kappa shape index (κ3) is 12.8. The van der Waals surface area contributed by atoms with Crippen molar-refractivity contribution in [2.75, 3.05) is 6.61 Å². The van der Waals surface area contributed by atoms with E-state index in [0.717, 1.165) is 37.7 Å². The first-order chi connectivity index (χ1) is 15.0. The molecule has 2 amide bonds. The van der Waals surface area contributed by atoms with Gasteiger partial charge >= 0.3 is 0 Å². The summed E-state index contributed by atoms with van der Waals surface area (Å²) in [5, 5.41) is 14.1. The minimum absolute atomic E-state index is 0.125. The molecule has 0 saturated carbocycles. The fraction of sp³-hybridized carbons (Fsp3) is 0.720. The van der Waals surface area contributed by atoms with Crippen LogP contribution in [0.15, 0.2) is 28.2 Å². The SMILES string of the molecule is CC1CCC(CO)O1.CCC/C=C(/NC(=O)C(N=CC(C)CC)=C(C)C)NC(=O)C(C)C. The van der Waals surface area contributed by atoms with Gasteiger partial charge in [-0.2, -0.15) is 0 Å². The largest absolute Gasteiger partial charge is 0.394 e. The molecule has 1 heterocycles. The van der Waals surface area contributed by atoms with Crippen molar-refractivity contribution in [3.8, 4) is 0 Å². The summed E-state index contributed by atoms with van der Waals surface area (Å²) in [7, 11) is 0. The number of amides is 2. The molecule has 0 radical (unpaired) electrons. The molecule has 1 aliphatic heterocycles. The predicted molar refractivity (Wildman–Crippen MR) is 131 cm³/mol. The number of aliphatic hydroxyl groups is 1. The summed E-state index contributed by atoms with van der Waals surface area (Å²) in [6.45, 7) is 15.7. The lowest BCUT2D eigenvalue weighted by atomic mass is 10.1. The molecule has 1 rings (SSSR count).